The van der Waals surface area contributed by atoms with Crippen LogP contribution in [0.1, 0.15) is 18.5 Å². The molecule has 0 amide bonds. The highest BCUT2D eigenvalue weighted by Gasteiger charge is 2.14. The van der Waals surface area contributed by atoms with Gasteiger partial charge in [0.15, 0.2) is 5.65 Å². The monoisotopic (exact) mass is 318 g/mol. The number of hydrogen-bond acceptors (Lipinski definition) is 4. The number of fused-ring (bicyclic) bond motifs is 1. The molecule has 5 nitrogen and oxygen atoms in total. The normalized spacial score (nSPS) is 12.3. The summed E-state index contributed by atoms with van der Waals surface area (Å²) < 4.78 is 32.9. The number of benzene rings is 1. The Morgan fingerprint density at radius 2 is 2.17 bits per heavy atom. The molecule has 120 valence electrons. The fourth-order valence-corrected chi connectivity index (χ4v) is 2.33. The van der Waals surface area contributed by atoms with Gasteiger partial charge in [-0.1, -0.05) is 0 Å². The van der Waals surface area contributed by atoms with E-state index in [1.54, 1.807) is 29.0 Å². The van der Waals surface area contributed by atoms with Crippen molar-refractivity contribution in [2.75, 3.05) is 18.6 Å². The molecule has 0 bridgehead atoms. The smallest absolute Gasteiger partial charge is 0.157 e. The van der Waals surface area contributed by atoms with E-state index in [9.17, 15) is 8.78 Å². The number of ether oxygens (including phenoxy) is 1. The van der Waals surface area contributed by atoms with E-state index in [2.05, 4.69) is 15.4 Å². The molecule has 0 aliphatic heterocycles. The van der Waals surface area contributed by atoms with Gasteiger partial charge in [0.25, 0.3) is 0 Å². The summed E-state index contributed by atoms with van der Waals surface area (Å²) in [5.74, 6) is 0.709. The van der Waals surface area contributed by atoms with Crippen molar-refractivity contribution in [3.8, 4) is 5.75 Å². The molecule has 0 saturated heterocycles. The molecule has 0 aliphatic carbocycles. The molecular formula is C16H16F2N4O. The molecule has 1 N–H and O–H groups in total. The highest BCUT2D eigenvalue weighted by atomic mass is 19.1. The molecule has 0 radical (unpaired) electrons. The fourth-order valence-electron chi connectivity index (χ4n) is 2.33. The Morgan fingerprint density at radius 3 is 3.00 bits per heavy atom. The summed E-state index contributed by atoms with van der Waals surface area (Å²) in [6.45, 7) is 1.20. The van der Waals surface area contributed by atoms with Crippen LogP contribution < -0.4 is 10.1 Å². The lowest BCUT2D eigenvalue weighted by atomic mass is 10.1. The van der Waals surface area contributed by atoms with Crippen LogP contribution >= 0.6 is 0 Å². The van der Waals surface area contributed by atoms with Crippen LogP contribution in [0.15, 0.2) is 42.7 Å². The number of hydrogen-bond donors (Lipinski definition) is 1. The predicted molar refractivity (Wildman–Crippen MR) is 82.9 cm³/mol. The standard InChI is InChI=1S/C16H16F2N4O/c1-11(13-10-12(18)2-3-14(13)23-9-6-17)20-15-5-8-22-16(21-15)4-7-19-22/h2-5,7-8,10-11H,6,9H2,1H3,(H,20,21)/t11-/m1/s1. The molecule has 1 aromatic carbocycles. The van der Waals surface area contributed by atoms with E-state index >= 15 is 0 Å². The number of aromatic nitrogens is 3. The molecule has 0 unspecified atom stereocenters. The molecule has 0 aliphatic rings. The van der Waals surface area contributed by atoms with Gasteiger partial charge in [-0.25, -0.2) is 18.3 Å². The second kappa shape index (κ2) is 6.60. The molecule has 23 heavy (non-hydrogen) atoms. The third kappa shape index (κ3) is 3.39. The van der Waals surface area contributed by atoms with Crippen molar-refractivity contribution in [3.05, 3.63) is 54.1 Å². The van der Waals surface area contributed by atoms with Crippen molar-refractivity contribution in [1.82, 2.24) is 14.6 Å². The molecule has 7 heteroatoms. The number of nitrogens with zero attached hydrogens (tertiary/aromatic N) is 3. The Labute approximate surface area is 131 Å². The molecule has 0 fully saturated rings. The first-order chi connectivity index (χ1) is 11.2. The lowest BCUT2D eigenvalue weighted by molar-refractivity contribution is 0.270. The summed E-state index contributed by atoms with van der Waals surface area (Å²) in [5.41, 5.74) is 1.31. The third-order valence-corrected chi connectivity index (χ3v) is 3.40. The molecular weight excluding hydrogens is 302 g/mol. The zero-order chi connectivity index (χ0) is 16.2. The summed E-state index contributed by atoms with van der Waals surface area (Å²) in [4.78, 5) is 4.41. The van der Waals surface area contributed by atoms with Gasteiger partial charge in [0, 0.05) is 17.8 Å². The quantitative estimate of drug-likeness (QED) is 0.757. The van der Waals surface area contributed by atoms with Crippen molar-refractivity contribution < 1.29 is 13.5 Å². The summed E-state index contributed by atoms with van der Waals surface area (Å²) >= 11 is 0. The van der Waals surface area contributed by atoms with Crippen molar-refractivity contribution >= 4 is 11.5 Å². The third-order valence-electron chi connectivity index (χ3n) is 3.40. The Bertz CT molecular complexity index is 806. The first-order valence-electron chi connectivity index (χ1n) is 7.22. The van der Waals surface area contributed by atoms with Crippen molar-refractivity contribution in [2.45, 2.75) is 13.0 Å². The lowest BCUT2D eigenvalue weighted by Crippen LogP contribution is -2.11. The molecule has 3 aromatic rings. The van der Waals surface area contributed by atoms with Gasteiger partial charge in [0.2, 0.25) is 0 Å². The number of alkyl halides is 1. The molecule has 1 atom stereocenters. The van der Waals surface area contributed by atoms with Crippen LogP contribution in [0.2, 0.25) is 0 Å². The topological polar surface area (TPSA) is 51.5 Å². The van der Waals surface area contributed by atoms with Gasteiger partial charge in [0.1, 0.15) is 30.7 Å². The Balaban J connectivity index is 1.83. The van der Waals surface area contributed by atoms with Crippen LogP contribution in [-0.2, 0) is 0 Å². The zero-order valence-corrected chi connectivity index (χ0v) is 12.5. The highest BCUT2D eigenvalue weighted by Crippen LogP contribution is 2.28. The first-order valence-corrected chi connectivity index (χ1v) is 7.22. The van der Waals surface area contributed by atoms with E-state index in [1.807, 2.05) is 6.92 Å². The summed E-state index contributed by atoms with van der Waals surface area (Å²) in [5, 5.41) is 7.27. The Kier molecular flexibility index (Phi) is 4.36. The van der Waals surface area contributed by atoms with E-state index in [0.29, 0.717) is 22.8 Å². The maximum Gasteiger partial charge on any atom is 0.157 e. The van der Waals surface area contributed by atoms with Gasteiger partial charge in [-0.05, 0) is 31.2 Å². The van der Waals surface area contributed by atoms with Crippen LogP contribution in [0.3, 0.4) is 0 Å². The molecule has 2 heterocycles. The molecule has 2 aromatic heterocycles. The van der Waals surface area contributed by atoms with Crippen molar-refractivity contribution in [1.29, 1.82) is 0 Å². The number of nitrogens with one attached hydrogen (secondary N) is 1. The van der Waals surface area contributed by atoms with Crippen LogP contribution in [-0.4, -0.2) is 27.9 Å². The predicted octanol–water partition coefficient (Wildman–Crippen LogP) is 3.39. The van der Waals surface area contributed by atoms with Gasteiger partial charge < -0.3 is 10.1 Å². The minimum atomic E-state index is -0.599. The Morgan fingerprint density at radius 1 is 1.30 bits per heavy atom. The van der Waals surface area contributed by atoms with E-state index in [0.717, 1.165) is 0 Å². The minimum absolute atomic E-state index is 0.0641. The fraction of sp³-hybridized carbons (Fsp3) is 0.250. The summed E-state index contributed by atoms with van der Waals surface area (Å²) in [6.07, 6.45) is 3.44. The number of anilines is 1. The van der Waals surface area contributed by atoms with Crippen LogP contribution in [0.25, 0.3) is 5.65 Å². The van der Waals surface area contributed by atoms with Gasteiger partial charge >= 0.3 is 0 Å². The zero-order valence-electron chi connectivity index (χ0n) is 12.5. The first kappa shape index (κ1) is 15.2. The minimum Gasteiger partial charge on any atom is -0.490 e. The van der Waals surface area contributed by atoms with Gasteiger partial charge in [-0.3, -0.25) is 0 Å². The van der Waals surface area contributed by atoms with E-state index < -0.39 is 6.67 Å². The van der Waals surface area contributed by atoms with E-state index in [1.165, 1.54) is 18.2 Å². The van der Waals surface area contributed by atoms with Crippen LogP contribution in [0.5, 0.6) is 5.75 Å². The molecule has 0 saturated carbocycles. The van der Waals surface area contributed by atoms with Crippen molar-refractivity contribution in [2.24, 2.45) is 0 Å². The highest BCUT2D eigenvalue weighted by molar-refractivity contribution is 5.48. The van der Waals surface area contributed by atoms with E-state index in [4.69, 9.17) is 4.74 Å². The largest absolute Gasteiger partial charge is 0.490 e. The maximum atomic E-state index is 13.6. The lowest BCUT2D eigenvalue weighted by Gasteiger charge is -2.18. The molecule has 3 rings (SSSR count). The van der Waals surface area contributed by atoms with Gasteiger partial charge in [0.05, 0.1) is 12.2 Å². The van der Waals surface area contributed by atoms with Gasteiger partial charge in [-0.15, -0.1) is 0 Å². The van der Waals surface area contributed by atoms with E-state index in [-0.39, 0.29) is 18.5 Å². The number of halogens is 2. The number of rotatable bonds is 6. The van der Waals surface area contributed by atoms with Crippen LogP contribution in [0.4, 0.5) is 14.6 Å². The Hall–Kier alpha value is -2.70. The summed E-state index contributed by atoms with van der Waals surface area (Å²) in [7, 11) is 0. The van der Waals surface area contributed by atoms with Crippen LogP contribution in [0, 0.1) is 5.82 Å². The summed E-state index contributed by atoms with van der Waals surface area (Å²) in [6, 6.07) is 7.47. The molecule has 0 spiro atoms. The van der Waals surface area contributed by atoms with Gasteiger partial charge in [-0.2, -0.15) is 5.10 Å². The SMILES string of the molecule is C[C@@H](Nc1ccn2nccc2n1)c1cc(F)ccc1OCCF. The average molecular weight is 318 g/mol. The maximum absolute atomic E-state index is 13.6. The average Bonchev–Trinajstić information content (AvgIpc) is 3.01. The second-order valence-corrected chi connectivity index (χ2v) is 5.03. The van der Waals surface area contributed by atoms with Crippen molar-refractivity contribution in [3.63, 3.8) is 0 Å². The second-order valence-electron chi connectivity index (χ2n) is 5.03.